The molecular formula is C112H126N4Se. The van der Waals surface area contributed by atoms with Crippen molar-refractivity contribution < 1.29 is 0 Å². The average Bonchev–Trinajstić information content (AvgIpc) is 1.57. The molecule has 0 fully saturated rings. The molecule has 0 saturated heterocycles. The summed E-state index contributed by atoms with van der Waals surface area (Å²) in [6.45, 7) is 9.35. The van der Waals surface area contributed by atoms with Crippen LogP contribution in [0.2, 0.25) is 0 Å². The first-order chi connectivity index (χ1) is 57.9. The molecule has 5 heteroatoms. The Kier molecular flexibility index (Phi) is 29.2. The number of unbranched alkanes of at least 4 members (excludes halogenated alkanes) is 28. The molecular weight excluding hydrogens is 1480 g/mol. The Balaban J connectivity index is 0.908. The van der Waals surface area contributed by atoms with Crippen LogP contribution in [0.1, 0.15) is 304 Å². The number of para-hydroxylation sites is 2. The Morgan fingerprint density at radius 3 is 0.915 bits per heavy atom. The van der Waals surface area contributed by atoms with Gasteiger partial charge in [0, 0.05) is 16.2 Å². The van der Waals surface area contributed by atoms with E-state index in [0.29, 0.717) is 0 Å². The number of benzene rings is 10. The molecule has 2 aliphatic rings. The van der Waals surface area contributed by atoms with Crippen LogP contribution in [-0.4, -0.2) is 32.9 Å². The molecule has 4 nitrogen and oxygen atoms in total. The van der Waals surface area contributed by atoms with Gasteiger partial charge in [-0.2, -0.15) is 0 Å². The van der Waals surface area contributed by atoms with Gasteiger partial charge in [-0.15, -0.1) is 0 Å². The van der Waals surface area contributed by atoms with Crippen molar-refractivity contribution in [2.75, 3.05) is 0 Å². The summed E-state index contributed by atoms with van der Waals surface area (Å²) in [6.07, 6.45) is 55.4. The minimum atomic E-state index is -0.214. The monoisotopic (exact) mass is 1610 g/mol. The second-order valence-electron chi connectivity index (χ2n) is 34.5. The van der Waals surface area contributed by atoms with Gasteiger partial charge >= 0.3 is 250 Å². The van der Waals surface area contributed by atoms with Crippen LogP contribution in [0.25, 0.3) is 135 Å². The molecule has 3 aromatic heterocycles. The van der Waals surface area contributed by atoms with E-state index in [1.807, 2.05) is 0 Å². The molecule has 0 unspecified atom stereocenters. The summed E-state index contributed by atoms with van der Waals surface area (Å²) in [5.74, 6) is 0. The van der Waals surface area contributed by atoms with Crippen LogP contribution < -0.4 is 0 Å². The number of hydrogen-bond donors (Lipinski definition) is 0. The summed E-state index contributed by atoms with van der Waals surface area (Å²) < 4.78 is 10.4. The Labute approximate surface area is 707 Å². The predicted octanol–water partition coefficient (Wildman–Crippen LogP) is 33.1. The third kappa shape index (κ3) is 19.7. The summed E-state index contributed by atoms with van der Waals surface area (Å²) >= 11 is -0.199. The Morgan fingerprint density at radius 2 is 0.538 bits per heavy atom. The van der Waals surface area contributed by atoms with Gasteiger partial charge in [0.15, 0.2) is 0 Å². The van der Waals surface area contributed by atoms with Crippen LogP contribution in [0.5, 0.6) is 0 Å². The fraction of sp³-hybridized carbons (Fsp3) is 0.375. The fourth-order valence-electron chi connectivity index (χ4n) is 19.9. The van der Waals surface area contributed by atoms with Crippen LogP contribution in [0.15, 0.2) is 231 Å². The van der Waals surface area contributed by atoms with Crippen molar-refractivity contribution in [3.63, 3.8) is 0 Å². The van der Waals surface area contributed by atoms with Crippen molar-refractivity contribution in [3.05, 3.63) is 275 Å². The summed E-state index contributed by atoms with van der Waals surface area (Å²) in [4.78, 5) is 10.7. The standard InChI is InChI=1S/C112H126N4Se/c1-5-9-13-17-21-25-29-43-73-111(74-44-30-26-22-18-14-10-6-2)103-79-87(83-47-35-33-36-48-83)59-67-97(103)99-69-61-91(81-105(99)111)101-77-89(58-66-94-64-56-86-52-40-42-54-108(86)114-94)102(78-88(101)57-65-93-63-55-85-51-39-41-53-107(85)113-93)92-62-70-100-98-68-60-90(96-72-71-95(84-49-37-34-38-50-84)109-110(96)116-117-115-109)80-104(98)112(106(100)82-92,75-45-31-27-23-19-15-11-7-3)76-46-32-28-24-20-16-12-8-4/h33-42,47-72,77-82H,5-32,43-46,73-76H2,1-4H3/b65-57+,66-58+. The van der Waals surface area contributed by atoms with Crippen molar-refractivity contribution in [1.29, 1.82) is 0 Å². The molecule has 117 heavy (non-hydrogen) atoms. The minimum Gasteiger partial charge on any atom is -0.248 e. The van der Waals surface area contributed by atoms with E-state index in [1.165, 1.54) is 317 Å². The molecule has 3 heterocycles. The van der Waals surface area contributed by atoms with E-state index in [9.17, 15) is 0 Å². The summed E-state index contributed by atoms with van der Waals surface area (Å²) in [6, 6.07) is 88.4. The van der Waals surface area contributed by atoms with Gasteiger partial charge in [0.2, 0.25) is 0 Å². The normalized spacial score (nSPS) is 13.2. The van der Waals surface area contributed by atoms with Crippen molar-refractivity contribution >= 4 is 72.1 Å². The minimum absolute atomic E-state index is 0.150. The zero-order valence-electron chi connectivity index (χ0n) is 70.9. The Hall–Kier alpha value is -9.38. The molecule has 15 rings (SSSR count). The molecule has 0 atom stereocenters. The van der Waals surface area contributed by atoms with E-state index >= 15 is 0 Å². The Morgan fingerprint density at radius 1 is 0.239 bits per heavy atom. The van der Waals surface area contributed by atoms with Crippen molar-refractivity contribution in [3.8, 4) is 77.9 Å². The van der Waals surface area contributed by atoms with Gasteiger partial charge in [-0.3, -0.25) is 0 Å². The zero-order chi connectivity index (χ0) is 79.9. The van der Waals surface area contributed by atoms with Gasteiger partial charge in [0.05, 0.1) is 22.4 Å². The number of aromatic nitrogens is 4. The number of pyridine rings is 2. The van der Waals surface area contributed by atoms with Gasteiger partial charge in [-0.1, -0.05) is 297 Å². The zero-order valence-corrected chi connectivity index (χ0v) is 72.6. The molecule has 13 aromatic rings. The van der Waals surface area contributed by atoms with Crippen molar-refractivity contribution in [2.24, 2.45) is 0 Å². The number of fused-ring (bicyclic) bond motifs is 9. The van der Waals surface area contributed by atoms with Gasteiger partial charge in [0.25, 0.3) is 0 Å². The first-order valence-corrected chi connectivity index (χ1v) is 47.6. The van der Waals surface area contributed by atoms with Gasteiger partial charge in [0.1, 0.15) is 0 Å². The summed E-state index contributed by atoms with van der Waals surface area (Å²) in [5.41, 5.74) is 32.0. The first-order valence-electron chi connectivity index (χ1n) is 46.1. The van der Waals surface area contributed by atoms with Gasteiger partial charge in [-0.05, 0) is 118 Å². The van der Waals surface area contributed by atoms with Gasteiger partial charge in [-0.25, -0.2) is 9.97 Å². The molecule has 0 amide bonds. The topological polar surface area (TPSA) is 51.6 Å². The third-order valence-corrected chi connectivity index (χ3v) is 27.5. The molecule has 0 bridgehead atoms. The molecule has 0 aliphatic heterocycles. The fourth-order valence-corrected chi connectivity index (χ4v) is 21.1. The maximum absolute atomic E-state index is 5.34. The predicted molar refractivity (Wildman–Crippen MR) is 506 cm³/mol. The second-order valence-corrected chi connectivity index (χ2v) is 35.6. The summed E-state index contributed by atoms with van der Waals surface area (Å²) in [5, 5.41) is 2.30. The van der Waals surface area contributed by atoms with Crippen molar-refractivity contribution in [2.45, 2.75) is 270 Å². The smallest absolute Gasteiger partial charge is 0.248 e. The summed E-state index contributed by atoms with van der Waals surface area (Å²) in [7, 11) is 0. The molecule has 0 radical (unpaired) electrons. The molecule has 0 spiro atoms. The van der Waals surface area contributed by atoms with Crippen LogP contribution in [-0.2, 0) is 10.8 Å². The van der Waals surface area contributed by atoms with E-state index < -0.39 is 0 Å². The van der Waals surface area contributed by atoms with Crippen LogP contribution in [0.3, 0.4) is 0 Å². The third-order valence-electron chi connectivity index (χ3n) is 26.4. The van der Waals surface area contributed by atoms with Crippen LogP contribution >= 0.6 is 0 Å². The van der Waals surface area contributed by atoms with Crippen LogP contribution in [0, 0.1) is 0 Å². The van der Waals surface area contributed by atoms with E-state index in [4.69, 9.17) is 17.9 Å². The number of nitrogens with zero attached hydrogens (tertiary/aromatic N) is 4. The van der Waals surface area contributed by atoms with E-state index in [1.54, 1.807) is 0 Å². The van der Waals surface area contributed by atoms with Crippen LogP contribution in [0.4, 0.5) is 0 Å². The van der Waals surface area contributed by atoms with E-state index in [2.05, 4.69) is 283 Å². The van der Waals surface area contributed by atoms with Gasteiger partial charge < -0.3 is 0 Å². The molecule has 0 N–H and O–H groups in total. The average molecular weight is 1610 g/mol. The molecule has 600 valence electrons. The van der Waals surface area contributed by atoms with E-state index in [0.717, 1.165) is 69.9 Å². The van der Waals surface area contributed by atoms with Crippen molar-refractivity contribution in [1.82, 2.24) is 17.9 Å². The SMILES string of the molecule is CCCCCCCCCCC1(CCCCCCCCCC)c2cc(-c3ccccc3)ccc2-c2ccc(-c3cc(/C=C/c4ccc5ccccc5n4)c(-c4ccc5c(c4)C(CCCCCCCCCC)(CCCCCCCCCC)c4cc(-c6ccc(-c7ccccc7)c7n[se]nc67)ccc4-5)cc3/C=C/c3ccc4ccccc4n3)cc21. The number of rotatable bonds is 45. The second kappa shape index (κ2) is 41.3. The molecule has 0 saturated carbocycles. The maximum atomic E-state index is 5.34. The molecule has 10 aromatic carbocycles. The number of hydrogen-bond acceptors (Lipinski definition) is 4. The molecule has 2 aliphatic carbocycles. The Bertz CT molecular complexity index is 5420. The van der Waals surface area contributed by atoms with E-state index in [-0.39, 0.29) is 25.8 Å². The first kappa shape index (κ1) is 82.7. The quantitative estimate of drug-likeness (QED) is 0.0282.